The molecular weight excluding hydrogens is 737 g/mol. The lowest BCUT2D eigenvalue weighted by molar-refractivity contribution is 0.309. The van der Waals surface area contributed by atoms with Crippen molar-refractivity contribution in [3.63, 3.8) is 0 Å². The van der Waals surface area contributed by atoms with Crippen LogP contribution in [0.25, 0.3) is 102 Å². The Morgan fingerprint density at radius 2 is 1.12 bits per heavy atom. The van der Waals surface area contributed by atoms with E-state index in [0.29, 0.717) is 12.3 Å². The zero-order valence-corrected chi connectivity index (χ0v) is 32.8. The van der Waals surface area contributed by atoms with Gasteiger partial charge in [-0.15, -0.1) is 11.3 Å². The van der Waals surface area contributed by atoms with E-state index in [1.165, 1.54) is 64.4 Å². The lowest BCUT2D eigenvalue weighted by atomic mass is 9.95. The highest BCUT2D eigenvalue weighted by molar-refractivity contribution is 7.26. The predicted molar refractivity (Wildman–Crippen MR) is 252 cm³/mol. The van der Waals surface area contributed by atoms with Crippen LogP contribution in [0.1, 0.15) is 5.56 Å². The zero-order valence-electron chi connectivity index (χ0n) is 32.0. The summed E-state index contributed by atoms with van der Waals surface area (Å²) in [5, 5.41) is 12.1. The highest BCUT2D eigenvalue weighted by Crippen LogP contribution is 2.48. The third-order valence-electron chi connectivity index (χ3n) is 12.0. The van der Waals surface area contributed by atoms with Gasteiger partial charge < -0.3 is 15.0 Å². The molecule has 12 rings (SSSR count). The van der Waals surface area contributed by atoms with Crippen LogP contribution < -0.4 is 10.5 Å². The summed E-state index contributed by atoms with van der Waals surface area (Å²) in [4.78, 5) is 0. The van der Waals surface area contributed by atoms with Crippen LogP contribution >= 0.6 is 11.3 Å². The van der Waals surface area contributed by atoms with Gasteiger partial charge in [-0.05, 0) is 103 Å². The molecule has 2 heterocycles. The van der Waals surface area contributed by atoms with Gasteiger partial charge in [-0.3, -0.25) is 0 Å². The largest absolute Gasteiger partial charge is 0.486 e. The monoisotopic (exact) mass is 772 g/mol. The Bertz CT molecular complexity index is 3620. The van der Waals surface area contributed by atoms with Gasteiger partial charge in [0.25, 0.3) is 0 Å². The second kappa shape index (κ2) is 13.3. The van der Waals surface area contributed by atoms with E-state index in [9.17, 15) is 0 Å². The van der Waals surface area contributed by atoms with E-state index >= 15 is 0 Å². The number of ether oxygens (including phenoxy) is 1. The molecule has 3 nitrogen and oxygen atoms in total. The quantitative estimate of drug-likeness (QED) is 0.135. The first-order valence-corrected chi connectivity index (χ1v) is 20.9. The van der Waals surface area contributed by atoms with E-state index in [0.717, 1.165) is 49.2 Å². The van der Waals surface area contributed by atoms with Gasteiger partial charge in [0.1, 0.15) is 6.61 Å². The third kappa shape index (κ3) is 5.41. The number of aromatic nitrogens is 1. The lowest BCUT2D eigenvalue weighted by Gasteiger charge is -2.17. The molecule has 2 N–H and O–H groups in total. The first kappa shape index (κ1) is 33.7. The Labute approximate surface area is 344 Å². The second-order valence-electron chi connectivity index (χ2n) is 15.4. The molecule has 12 aromatic rings. The predicted octanol–water partition coefficient (Wildman–Crippen LogP) is 15.1. The van der Waals surface area contributed by atoms with Crippen LogP contribution in [-0.2, 0) is 6.61 Å². The van der Waals surface area contributed by atoms with E-state index < -0.39 is 0 Å². The smallest absolute Gasteiger partial charge is 0.151 e. The van der Waals surface area contributed by atoms with E-state index in [-0.39, 0.29) is 0 Å². The molecule has 0 spiro atoms. The fraction of sp³-hybridized carbons (Fsp3) is 0.0182. The third-order valence-corrected chi connectivity index (χ3v) is 13.2. The maximum Gasteiger partial charge on any atom is 0.151 e. The summed E-state index contributed by atoms with van der Waals surface area (Å²) < 4.78 is 11.6. The molecule has 2 aromatic heterocycles. The van der Waals surface area contributed by atoms with E-state index in [4.69, 9.17) is 10.5 Å². The SMILES string of the molecule is Nc1c(OCc2ccc(-c3cccc4c3c3cc5ccccc5cc3n4-c3ccccc3)cc2)c(-c2ccc3ccc4ccccc4c3c2)cc2sc3ccccc3c12. The van der Waals surface area contributed by atoms with Crippen molar-refractivity contribution < 1.29 is 4.74 Å². The molecule has 0 radical (unpaired) electrons. The Morgan fingerprint density at radius 1 is 0.441 bits per heavy atom. The topological polar surface area (TPSA) is 40.2 Å². The average Bonchev–Trinajstić information content (AvgIpc) is 3.83. The summed E-state index contributed by atoms with van der Waals surface area (Å²) >= 11 is 1.78. The van der Waals surface area contributed by atoms with Gasteiger partial charge in [-0.25, -0.2) is 0 Å². The number of nitrogen functional groups attached to an aromatic ring is 1. The first-order valence-electron chi connectivity index (χ1n) is 20.1. The fourth-order valence-electron chi connectivity index (χ4n) is 9.22. The Morgan fingerprint density at radius 3 is 1.95 bits per heavy atom. The fourth-order valence-corrected chi connectivity index (χ4v) is 10.4. The van der Waals surface area contributed by atoms with Crippen LogP contribution in [0.3, 0.4) is 0 Å². The number of hydrogen-bond donors (Lipinski definition) is 1. The number of rotatable bonds is 6. The number of benzene rings is 10. The van der Waals surface area contributed by atoms with E-state index in [1.54, 1.807) is 11.3 Å². The molecule has 278 valence electrons. The maximum absolute atomic E-state index is 7.19. The highest BCUT2D eigenvalue weighted by Gasteiger charge is 2.20. The molecule has 0 aliphatic rings. The van der Waals surface area contributed by atoms with Crippen molar-refractivity contribution in [2.75, 3.05) is 5.73 Å². The van der Waals surface area contributed by atoms with Crippen molar-refractivity contribution in [2.24, 2.45) is 0 Å². The van der Waals surface area contributed by atoms with Gasteiger partial charge in [-0.1, -0.05) is 146 Å². The van der Waals surface area contributed by atoms with Gasteiger partial charge in [0, 0.05) is 42.2 Å². The molecule has 10 aromatic carbocycles. The van der Waals surface area contributed by atoms with Crippen molar-refractivity contribution in [1.29, 1.82) is 0 Å². The lowest BCUT2D eigenvalue weighted by Crippen LogP contribution is -2.01. The van der Waals surface area contributed by atoms with Crippen LogP contribution in [0.15, 0.2) is 194 Å². The molecule has 0 unspecified atom stereocenters. The molecule has 0 saturated carbocycles. The van der Waals surface area contributed by atoms with Gasteiger partial charge in [-0.2, -0.15) is 0 Å². The normalized spacial score (nSPS) is 11.9. The summed E-state index contributed by atoms with van der Waals surface area (Å²) in [6.07, 6.45) is 0. The minimum atomic E-state index is 0.380. The number of para-hydroxylation sites is 1. The molecule has 0 fully saturated rings. The molecule has 0 bridgehead atoms. The number of thiophene rings is 1. The van der Waals surface area contributed by atoms with Gasteiger partial charge >= 0.3 is 0 Å². The minimum Gasteiger partial charge on any atom is -0.486 e. The molecule has 59 heavy (non-hydrogen) atoms. The molecule has 0 aliphatic heterocycles. The number of hydrogen-bond acceptors (Lipinski definition) is 3. The van der Waals surface area contributed by atoms with Crippen molar-refractivity contribution in [3.8, 4) is 33.7 Å². The Balaban J connectivity index is 0.958. The number of fused-ring (bicyclic) bond motifs is 10. The van der Waals surface area contributed by atoms with Crippen molar-refractivity contribution in [1.82, 2.24) is 4.57 Å². The summed E-state index contributed by atoms with van der Waals surface area (Å²) in [5.41, 5.74) is 16.9. The molecule has 0 saturated heterocycles. The van der Waals surface area contributed by atoms with Gasteiger partial charge in [0.15, 0.2) is 5.75 Å². The molecule has 0 atom stereocenters. The summed E-state index contributed by atoms with van der Waals surface area (Å²) in [5.74, 6) is 0.718. The van der Waals surface area contributed by atoms with Gasteiger partial charge in [0.05, 0.1) is 16.7 Å². The van der Waals surface area contributed by atoms with Crippen LogP contribution in [0.5, 0.6) is 5.75 Å². The van der Waals surface area contributed by atoms with Gasteiger partial charge in [0.2, 0.25) is 0 Å². The highest BCUT2D eigenvalue weighted by atomic mass is 32.1. The number of nitrogens with zero attached hydrogens (tertiary/aromatic N) is 1. The second-order valence-corrected chi connectivity index (χ2v) is 16.5. The maximum atomic E-state index is 7.19. The Hall–Kier alpha value is -7.40. The van der Waals surface area contributed by atoms with Crippen LogP contribution in [0.2, 0.25) is 0 Å². The molecular formula is C55H36N2OS. The van der Waals surface area contributed by atoms with Crippen molar-refractivity contribution >= 4 is 91.3 Å². The van der Waals surface area contributed by atoms with E-state index in [1.807, 2.05) is 0 Å². The van der Waals surface area contributed by atoms with Crippen LogP contribution in [0, 0.1) is 0 Å². The van der Waals surface area contributed by atoms with Crippen LogP contribution in [0.4, 0.5) is 5.69 Å². The van der Waals surface area contributed by atoms with E-state index in [2.05, 4.69) is 199 Å². The molecule has 0 amide bonds. The first-order chi connectivity index (χ1) is 29.2. The Kier molecular flexibility index (Phi) is 7.62. The van der Waals surface area contributed by atoms with Crippen LogP contribution in [-0.4, -0.2) is 4.57 Å². The molecule has 0 aliphatic carbocycles. The summed E-state index contributed by atoms with van der Waals surface area (Å²) in [6, 6.07) is 70.0. The standard InChI is InChI=1S/C55H36N2OS/c56-54-53-44-17-8-9-20-50(44)59-51(53)32-46(40-28-27-37-26-25-35-11-6-7-16-42(35)45(37)30-40)55(54)58-33-34-21-23-36(24-22-34)43-18-10-19-48-52(43)47-29-38-12-4-5-13-39(38)31-49(47)57(48)41-14-2-1-3-15-41/h1-32H,33,56H2. The summed E-state index contributed by atoms with van der Waals surface area (Å²) in [7, 11) is 0. The zero-order chi connectivity index (χ0) is 39.0. The minimum absolute atomic E-state index is 0.380. The number of anilines is 1. The molecule has 4 heteroatoms. The van der Waals surface area contributed by atoms with Crippen molar-refractivity contribution in [2.45, 2.75) is 6.61 Å². The van der Waals surface area contributed by atoms with Crippen molar-refractivity contribution in [3.05, 3.63) is 200 Å². The summed E-state index contributed by atoms with van der Waals surface area (Å²) in [6.45, 7) is 0.380. The number of nitrogens with two attached hydrogens (primary N) is 1. The average molecular weight is 773 g/mol.